The first kappa shape index (κ1) is 15.2. The number of hydrogen-bond donors (Lipinski definition) is 3. The van der Waals surface area contributed by atoms with Crippen molar-refractivity contribution < 1.29 is 14.7 Å². The number of hydrogen-bond acceptors (Lipinski definition) is 4. The summed E-state index contributed by atoms with van der Waals surface area (Å²) in [6.07, 6.45) is 0.383. The fourth-order valence-corrected chi connectivity index (χ4v) is 2.17. The van der Waals surface area contributed by atoms with Crippen LogP contribution in [0, 0.1) is 0 Å². The molecule has 0 aromatic carbocycles. The van der Waals surface area contributed by atoms with Crippen molar-refractivity contribution in [2.45, 2.75) is 38.0 Å². The van der Waals surface area contributed by atoms with E-state index in [1.54, 1.807) is 13.8 Å². The highest BCUT2D eigenvalue weighted by Gasteiger charge is 2.32. The van der Waals surface area contributed by atoms with Crippen LogP contribution in [0.4, 0.5) is 0 Å². The predicted octanol–water partition coefficient (Wildman–Crippen LogP) is 0.436. The largest absolute Gasteiger partial charge is 0.480 e. The highest BCUT2D eigenvalue weighted by atomic mass is 32.2. The molecule has 16 heavy (non-hydrogen) atoms. The number of thioether (sulfide) groups is 1. The van der Waals surface area contributed by atoms with Crippen LogP contribution < -0.4 is 11.1 Å². The third kappa shape index (κ3) is 5.37. The molecule has 1 atom stereocenters. The van der Waals surface area contributed by atoms with Crippen LogP contribution in [-0.4, -0.2) is 40.1 Å². The van der Waals surface area contributed by atoms with Gasteiger partial charge in [-0.25, -0.2) is 0 Å². The zero-order valence-electron chi connectivity index (χ0n) is 9.95. The van der Waals surface area contributed by atoms with E-state index in [9.17, 15) is 9.59 Å². The maximum atomic E-state index is 11.2. The molecular formula is C10H20N2O3S. The summed E-state index contributed by atoms with van der Waals surface area (Å²) >= 11 is 1.40. The highest BCUT2D eigenvalue weighted by Crippen LogP contribution is 2.27. The summed E-state index contributed by atoms with van der Waals surface area (Å²) in [4.78, 5) is 21.9. The first-order valence-electron chi connectivity index (χ1n) is 5.20. The monoisotopic (exact) mass is 248 g/mol. The average molecular weight is 248 g/mol. The zero-order chi connectivity index (χ0) is 12.8. The number of aliphatic carboxylic acids is 1. The summed E-state index contributed by atoms with van der Waals surface area (Å²) in [5, 5.41) is 11.5. The second-order valence-corrected chi connectivity index (χ2v) is 5.72. The zero-order valence-corrected chi connectivity index (χ0v) is 10.8. The van der Waals surface area contributed by atoms with Gasteiger partial charge in [0.25, 0.3) is 0 Å². The van der Waals surface area contributed by atoms with E-state index in [2.05, 4.69) is 5.32 Å². The minimum absolute atomic E-state index is 0.0188. The van der Waals surface area contributed by atoms with Crippen LogP contribution in [-0.2, 0) is 9.59 Å². The summed E-state index contributed by atoms with van der Waals surface area (Å²) in [6, 6.07) is -0.924. The van der Waals surface area contributed by atoms with E-state index in [0.717, 1.165) is 0 Å². The van der Waals surface area contributed by atoms with Crippen LogP contribution >= 0.6 is 11.8 Å². The second-order valence-electron chi connectivity index (χ2n) is 3.97. The number of amides is 1. The number of carboxylic acids is 1. The van der Waals surface area contributed by atoms with Gasteiger partial charge < -0.3 is 16.2 Å². The Morgan fingerprint density at radius 2 is 2.06 bits per heavy atom. The predicted molar refractivity (Wildman–Crippen MR) is 65.4 cm³/mol. The van der Waals surface area contributed by atoms with Gasteiger partial charge in [0.15, 0.2) is 0 Å². The lowest BCUT2D eigenvalue weighted by Crippen LogP contribution is -2.47. The molecule has 0 saturated carbocycles. The molecule has 6 heteroatoms. The molecule has 5 nitrogen and oxygen atoms in total. The highest BCUT2D eigenvalue weighted by molar-refractivity contribution is 8.00. The molecule has 0 spiro atoms. The Hall–Kier alpha value is -0.750. The van der Waals surface area contributed by atoms with E-state index in [4.69, 9.17) is 10.8 Å². The quantitative estimate of drug-likeness (QED) is 0.608. The van der Waals surface area contributed by atoms with Crippen LogP contribution in [0.25, 0.3) is 0 Å². The Kier molecular flexibility index (Phi) is 6.43. The topological polar surface area (TPSA) is 92.4 Å². The Labute approximate surface area is 100 Å². The summed E-state index contributed by atoms with van der Waals surface area (Å²) in [5.74, 6) is -0.468. The van der Waals surface area contributed by atoms with Gasteiger partial charge in [-0.05, 0) is 20.8 Å². The van der Waals surface area contributed by atoms with Crippen molar-refractivity contribution in [3.8, 4) is 0 Å². The molecule has 0 fully saturated rings. The smallest absolute Gasteiger partial charge is 0.321 e. The van der Waals surface area contributed by atoms with Gasteiger partial charge in [-0.3, -0.25) is 9.59 Å². The lowest BCUT2D eigenvalue weighted by molar-refractivity contribution is -0.139. The Morgan fingerprint density at radius 1 is 1.50 bits per heavy atom. The van der Waals surface area contributed by atoms with Crippen LogP contribution in [0.5, 0.6) is 0 Å². The normalized spacial score (nSPS) is 13.2. The molecule has 0 aliphatic rings. The van der Waals surface area contributed by atoms with Crippen molar-refractivity contribution in [1.29, 1.82) is 0 Å². The van der Waals surface area contributed by atoms with Gasteiger partial charge in [-0.2, -0.15) is 11.8 Å². The van der Waals surface area contributed by atoms with Crippen LogP contribution in [0.3, 0.4) is 0 Å². The van der Waals surface area contributed by atoms with Crippen molar-refractivity contribution in [3.63, 3.8) is 0 Å². The molecule has 4 N–H and O–H groups in total. The van der Waals surface area contributed by atoms with E-state index in [-0.39, 0.29) is 5.91 Å². The molecule has 0 bridgehead atoms. The van der Waals surface area contributed by atoms with Crippen molar-refractivity contribution in [1.82, 2.24) is 5.32 Å². The SMILES string of the molecule is CCNC(=O)CCSC(C)(C)[C@H](N)C(=O)O. The lowest BCUT2D eigenvalue weighted by atomic mass is 10.1. The number of nitrogens with two attached hydrogens (primary N) is 1. The third-order valence-electron chi connectivity index (χ3n) is 2.19. The molecule has 0 saturated heterocycles. The molecule has 0 aliphatic carbocycles. The van der Waals surface area contributed by atoms with Gasteiger partial charge in [0.05, 0.1) is 0 Å². The molecule has 94 valence electrons. The van der Waals surface area contributed by atoms with Gasteiger partial charge in [0.1, 0.15) is 6.04 Å². The molecule has 1 amide bonds. The van der Waals surface area contributed by atoms with Gasteiger partial charge in [-0.15, -0.1) is 0 Å². The summed E-state index contributed by atoms with van der Waals surface area (Å²) in [5.41, 5.74) is 5.55. The van der Waals surface area contributed by atoms with Gasteiger partial charge >= 0.3 is 5.97 Å². The van der Waals surface area contributed by atoms with E-state index >= 15 is 0 Å². The first-order valence-corrected chi connectivity index (χ1v) is 6.19. The average Bonchev–Trinajstić information content (AvgIpc) is 2.16. The van der Waals surface area contributed by atoms with Crippen molar-refractivity contribution >= 4 is 23.6 Å². The van der Waals surface area contributed by atoms with Crippen molar-refractivity contribution in [2.75, 3.05) is 12.3 Å². The van der Waals surface area contributed by atoms with E-state index in [1.807, 2.05) is 6.92 Å². The standard InChI is InChI=1S/C10H20N2O3S/c1-4-12-7(13)5-6-16-10(2,3)8(11)9(14)15/h8H,4-6,11H2,1-3H3,(H,12,13)(H,14,15)/t8-/m1/s1. The van der Waals surface area contributed by atoms with Crippen molar-refractivity contribution in [2.24, 2.45) is 5.73 Å². The maximum Gasteiger partial charge on any atom is 0.321 e. The molecule has 0 aromatic rings. The Morgan fingerprint density at radius 3 is 2.50 bits per heavy atom. The minimum atomic E-state index is -1.02. The van der Waals surface area contributed by atoms with Crippen LogP contribution in [0.1, 0.15) is 27.2 Å². The lowest BCUT2D eigenvalue weighted by Gasteiger charge is -2.27. The first-order chi connectivity index (χ1) is 7.31. The van der Waals surface area contributed by atoms with Gasteiger partial charge in [-0.1, -0.05) is 0 Å². The molecule has 0 radical (unpaired) electrons. The van der Waals surface area contributed by atoms with Crippen molar-refractivity contribution in [3.05, 3.63) is 0 Å². The van der Waals surface area contributed by atoms with E-state index < -0.39 is 16.8 Å². The van der Waals surface area contributed by atoms with E-state index in [0.29, 0.717) is 18.7 Å². The number of nitrogens with one attached hydrogen (secondary N) is 1. The van der Waals surface area contributed by atoms with Gasteiger partial charge in [0.2, 0.25) is 5.91 Å². The molecule has 0 heterocycles. The number of carbonyl (C=O) groups excluding carboxylic acids is 1. The molecule has 0 aromatic heterocycles. The Bertz CT molecular complexity index is 256. The fraction of sp³-hybridized carbons (Fsp3) is 0.800. The number of carboxylic acid groups (broad SMARTS) is 1. The third-order valence-corrected chi connectivity index (χ3v) is 3.60. The Balaban J connectivity index is 4.00. The molecule has 0 aliphatic heterocycles. The number of rotatable bonds is 7. The molecule has 0 unspecified atom stereocenters. The summed E-state index contributed by atoms with van der Waals surface area (Å²) in [6.45, 7) is 6.01. The molecular weight excluding hydrogens is 228 g/mol. The summed E-state index contributed by atoms with van der Waals surface area (Å²) < 4.78 is -0.571. The minimum Gasteiger partial charge on any atom is -0.480 e. The number of carbonyl (C=O) groups is 2. The molecule has 0 rings (SSSR count). The van der Waals surface area contributed by atoms with Crippen LogP contribution in [0.2, 0.25) is 0 Å². The fourth-order valence-electron chi connectivity index (χ4n) is 1.08. The summed E-state index contributed by atoms with van der Waals surface area (Å²) in [7, 11) is 0. The maximum absolute atomic E-state index is 11.2. The second kappa shape index (κ2) is 6.75. The van der Waals surface area contributed by atoms with E-state index in [1.165, 1.54) is 11.8 Å². The van der Waals surface area contributed by atoms with Gasteiger partial charge in [0, 0.05) is 23.5 Å². The van der Waals surface area contributed by atoms with Crippen LogP contribution in [0.15, 0.2) is 0 Å².